The zero-order valence-corrected chi connectivity index (χ0v) is 30.2. The SMILES string of the molecule is COC(=O)C(Cc1ccccc1)NC(=O)NCc1cccc(-c2ccc(C3OC(CSc4nncn4C)C(C)C(c4ccc(CO)cc4)O3)cc2)c1. The predicted molar refractivity (Wildman–Crippen MR) is 198 cm³/mol. The molecule has 5 atom stereocenters. The Hall–Kier alpha value is -5.01. The number of hydrogen-bond donors (Lipinski definition) is 3. The van der Waals surface area contributed by atoms with Crippen LogP contribution in [0, 0.1) is 5.92 Å². The topological polar surface area (TPSA) is 137 Å². The van der Waals surface area contributed by atoms with Crippen LogP contribution in [0.1, 0.15) is 47.1 Å². The van der Waals surface area contributed by atoms with Gasteiger partial charge in [-0.2, -0.15) is 0 Å². The van der Waals surface area contributed by atoms with E-state index in [1.165, 1.54) is 7.11 Å². The third kappa shape index (κ3) is 9.25. The van der Waals surface area contributed by atoms with E-state index >= 15 is 0 Å². The second kappa shape index (κ2) is 17.5. The van der Waals surface area contributed by atoms with E-state index < -0.39 is 24.3 Å². The second-order valence-electron chi connectivity index (χ2n) is 12.8. The van der Waals surface area contributed by atoms with Crippen molar-refractivity contribution in [3.8, 4) is 11.1 Å². The molecule has 11 nitrogen and oxygen atoms in total. The summed E-state index contributed by atoms with van der Waals surface area (Å²) < 4.78 is 20.1. The Morgan fingerprint density at radius 2 is 1.63 bits per heavy atom. The van der Waals surface area contributed by atoms with Crippen LogP contribution in [-0.4, -0.2) is 56.9 Å². The van der Waals surface area contributed by atoms with Gasteiger partial charge in [-0.25, -0.2) is 9.59 Å². The summed E-state index contributed by atoms with van der Waals surface area (Å²) in [4.78, 5) is 25.2. The number of aliphatic hydroxyl groups excluding tert-OH is 1. The van der Waals surface area contributed by atoms with Crippen LogP contribution in [0.4, 0.5) is 4.79 Å². The molecule has 1 aromatic heterocycles. The molecule has 3 N–H and O–H groups in total. The first kappa shape index (κ1) is 36.8. The Labute approximate surface area is 307 Å². The number of aryl methyl sites for hydroxylation is 1. The molecule has 0 radical (unpaired) electrons. The fourth-order valence-electron chi connectivity index (χ4n) is 6.14. The van der Waals surface area contributed by atoms with E-state index in [0.29, 0.717) is 12.2 Å². The van der Waals surface area contributed by atoms with Crippen molar-refractivity contribution in [2.45, 2.75) is 56.2 Å². The minimum absolute atomic E-state index is 0.0161. The zero-order valence-electron chi connectivity index (χ0n) is 29.3. The molecule has 52 heavy (non-hydrogen) atoms. The van der Waals surface area contributed by atoms with Crippen LogP contribution in [0.2, 0.25) is 0 Å². The maximum absolute atomic E-state index is 12.8. The molecule has 6 rings (SSSR count). The van der Waals surface area contributed by atoms with Gasteiger partial charge < -0.3 is 34.5 Å². The molecule has 0 bridgehead atoms. The number of nitrogens with one attached hydrogen (secondary N) is 2. The predicted octanol–water partition coefficient (Wildman–Crippen LogP) is 6.14. The highest BCUT2D eigenvalue weighted by Crippen LogP contribution is 2.43. The Morgan fingerprint density at radius 3 is 2.33 bits per heavy atom. The summed E-state index contributed by atoms with van der Waals surface area (Å²) in [5.74, 6) is 0.211. The smallest absolute Gasteiger partial charge is 0.328 e. The number of carbonyl (C=O) groups is 2. The van der Waals surface area contributed by atoms with E-state index in [1.54, 1.807) is 18.1 Å². The van der Waals surface area contributed by atoms with Gasteiger partial charge in [0.25, 0.3) is 0 Å². The van der Waals surface area contributed by atoms with Crippen molar-refractivity contribution in [1.82, 2.24) is 25.4 Å². The van der Waals surface area contributed by atoms with Crippen LogP contribution in [-0.2, 0) is 45.6 Å². The molecular weight excluding hydrogens is 679 g/mol. The second-order valence-corrected chi connectivity index (χ2v) is 13.8. The maximum atomic E-state index is 12.8. The molecule has 2 heterocycles. The van der Waals surface area contributed by atoms with E-state index in [0.717, 1.165) is 44.1 Å². The van der Waals surface area contributed by atoms with Gasteiger partial charge in [-0.1, -0.05) is 116 Å². The number of carbonyl (C=O) groups excluding carboxylic acids is 2. The molecule has 0 aliphatic carbocycles. The number of benzene rings is 4. The quantitative estimate of drug-likeness (QED) is 0.0968. The Kier molecular flexibility index (Phi) is 12.4. The molecule has 0 spiro atoms. The van der Waals surface area contributed by atoms with E-state index in [2.05, 4.69) is 27.8 Å². The highest BCUT2D eigenvalue weighted by atomic mass is 32.2. The van der Waals surface area contributed by atoms with Crippen molar-refractivity contribution in [3.63, 3.8) is 0 Å². The van der Waals surface area contributed by atoms with Gasteiger partial charge in [0.05, 0.1) is 25.9 Å². The van der Waals surface area contributed by atoms with Gasteiger partial charge in [0.15, 0.2) is 11.4 Å². The lowest BCUT2D eigenvalue weighted by atomic mass is 9.91. The lowest BCUT2D eigenvalue weighted by Gasteiger charge is -2.41. The number of amides is 2. The third-order valence-electron chi connectivity index (χ3n) is 9.14. The minimum atomic E-state index is -0.813. The van der Waals surface area contributed by atoms with Crippen LogP contribution in [0.15, 0.2) is 115 Å². The summed E-state index contributed by atoms with van der Waals surface area (Å²) in [5.41, 5.74) is 6.57. The first-order chi connectivity index (χ1) is 25.3. The normalized spacial score (nSPS) is 19.1. The van der Waals surface area contributed by atoms with Crippen LogP contribution in [0.5, 0.6) is 0 Å². The third-order valence-corrected chi connectivity index (χ3v) is 10.3. The number of urea groups is 1. The molecule has 270 valence electrons. The Balaban J connectivity index is 1.12. The Morgan fingerprint density at radius 1 is 0.904 bits per heavy atom. The van der Waals surface area contributed by atoms with E-state index in [9.17, 15) is 14.7 Å². The summed E-state index contributed by atoms with van der Waals surface area (Å²) >= 11 is 1.60. The van der Waals surface area contributed by atoms with E-state index in [-0.39, 0.29) is 31.3 Å². The van der Waals surface area contributed by atoms with Crippen LogP contribution < -0.4 is 10.6 Å². The molecule has 0 saturated carbocycles. The summed E-state index contributed by atoms with van der Waals surface area (Å²) in [6.45, 7) is 2.39. The molecule has 5 aromatic rings. The van der Waals surface area contributed by atoms with Crippen molar-refractivity contribution in [3.05, 3.63) is 137 Å². The van der Waals surface area contributed by atoms with Crippen molar-refractivity contribution in [2.75, 3.05) is 12.9 Å². The number of methoxy groups -OCH3 is 1. The van der Waals surface area contributed by atoms with Gasteiger partial charge in [-0.3, -0.25) is 0 Å². The average molecular weight is 722 g/mol. The Bertz CT molecular complexity index is 1920. The van der Waals surface area contributed by atoms with Gasteiger partial charge in [-0.15, -0.1) is 10.2 Å². The number of hydrogen-bond acceptors (Lipinski definition) is 9. The molecule has 1 aliphatic heterocycles. The van der Waals surface area contributed by atoms with Gasteiger partial charge in [0.1, 0.15) is 12.4 Å². The fraction of sp³-hybridized carbons (Fsp3) is 0.300. The van der Waals surface area contributed by atoms with Gasteiger partial charge in [-0.05, 0) is 39.4 Å². The molecule has 5 unspecified atom stereocenters. The first-order valence-corrected chi connectivity index (χ1v) is 18.1. The molecular formula is C40H43N5O6S. The van der Waals surface area contributed by atoms with Gasteiger partial charge >= 0.3 is 12.0 Å². The maximum Gasteiger partial charge on any atom is 0.328 e. The molecule has 1 fully saturated rings. The molecule has 2 amide bonds. The molecule has 4 aromatic carbocycles. The minimum Gasteiger partial charge on any atom is -0.467 e. The van der Waals surface area contributed by atoms with Gasteiger partial charge in [0, 0.05) is 37.2 Å². The summed E-state index contributed by atoms with van der Waals surface area (Å²) in [7, 11) is 3.23. The molecule has 12 heteroatoms. The number of thioether (sulfide) groups is 1. The van der Waals surface area contributed by atoms with Crippen molar-refractivity contribution < 1.29 is 28.9 Å². The number of rotatable bonds is 13. The van der Waals surface area contributed by atoms with E-state index in [1.807, 2.05) is 115 Å². The summed E-state index contributed by atoms with van der Waals surface area (Å²) in [5, 5.41) is 24.2. The van der Waals surface area contributed by atoms with E-state index in [4.69, 9.17) is 14.2 Å². The van der Waals surface area contributed by atoms with Crippen LogP contribution in [0.3, 0.4) is 0 Å². The largest absolute Gasteiger partial charge is 0.467 e. The van der Waals surface area contributed by atoms with Gasteiger partial charge in [0.2, 0.25) is 0 Å². The molecule has 1 aliphatic rings. The lowest BCUT2D eigenvalue weighted by molar-refractivity contribution is -0.268. The number of aromatic nitrogens is 3. The average Bonchev–Trinajstić information content (AvgIpc) is 3.60. The van der Waals surface area contributed by atoms with Crippen molar-refractivity contribution >= 4 is 23.8 Å². The number of nitrogens with zero attached hydrogens (tertiary/aromatic N) is 3. The number of esters is 1. The molecule has 1 saturated heterocycles. The van der Waals surface area contributed by atoms with Crippen molar-refractivity contribution in [1.29, 1.82) is 0 Å². The lowest BCUT2D eigenvalue weighted by Crippen LogP contribution is -2.47. The van der Waals surface area contributed by atoms with Crippen LogP contribution >= 0.6 is 11.8 Å². The van der Waals surface area contributed by atoms with Crippen LogP contribution in [0.25, 0.3) is 11.1 Å². The summed E-state index contributed by atoms with van der Waals surface area (Å²) in [6, 6.07) is 32.1. The highest BCUT2D eigenvalue weighted by molar-refractivity contribution is 7.99. The first-order valence-electron chi connectivity index (χ1n) is 17.1. The highest BCUT2D eigenvalue weighted by Gasteiger charge is 2.38. The zero-order chi connectivity index (χ0) is 36.5. The number of ether oxygens (including phenoxy) is 3. The standard InChI is InChI=1S/C40H43N5O6S/c1-26-35(24-52-40-44-42-25-45(40)2)50-38(51-36(26)31-14-12-28(23-46)13-15-31)32-18-16-30(17-19-32)33-11-7-10-29(20-33)22-41-39(48)43-34(37(47)49-3)21-27-8-5-4-6-9-27/h4-20,25-26,34-36,38,46H,21-24H2,1-3H3,(H2,41,43,48). The number of aliphatic hydroxyl groups is 1. The summed E-state index contributed by atoms with van der Waals surface area (Å²) in [6.07, 6.45) is 1.06. The van der Waals surface area contributed by atoms with Crippen molar-refractivity contribution in [2.24, 2.45) is 13.0 Å². The monoisotopic (exact) mass is 721 g/mol. The fourth-order valence-corrected chi connectivity index (χ4v) is 7.19.